The lowest BCUT2D eigenvalue weighted by Crippen LogP contribution is -2.53. The van der Waals surface area contributed by atoms with Gasteiger partial charge in [-0.15, -0.1) is 0 Å². The second kappa shape index (κ2) is 14.6. The fourth-order valence-corrected chi connectivity index (χ4v) is 5.93. The normalized spacial score (nSPS) is 12.2. The van der Waals surface area contributed by atoms with Crippen LogP contribution in [0, 0.1) is 5.92 Å². The molecule has 41 heavy (non-hydrogen) atoms. The van der Waals surface area contributed by atoms with Crippen LogP contribution in [0.25, 0.3) is 0 Å². The highest BCUT2D eigenvalue weighted by atomic mass is 35.5. The van der Waals surface area contributed by atoms with Gasteiger partial charge >= 0.3 is 0 Å². The van der Waals surface area contributed by atoms with Crippen LogP contribution in [0.3, 0.4) is 0 Å². The molecule has 3 aromatic rings. The largest absolute Gasteiger partial charge is 0.354 e. The summed E-state index contributed by atoms with van der Waals surface area (Å²) in [4.78, 5) is 29.1. The molecule has 0 heterocycles. The summed E-state index contributed by atoms with van der Waals surface area (Å²) in [6.07, 6.45) is 1.12. The third-order valence-corrected chi connectivity index (χ3v) is 8.87. The minimum Gasteiger partial charge on any atom is -0.354 e. The van der Waals surface area contributed by atoms with Crippen molar-refractivity contribution in [3.8, 4) is 0 Å². The van der Waals surface area contributed by atoms with E-state index in [1.54, 1.807) is 18.2 Å². The Kier molecular flexibility index (Phi) is 11.8. The Labute approximate surface area is 261 Å². The van der Waals surface area contributed by atoms with Gasteiger partial charge in [-0.3, -0.25) is 13.9 Å². The molecule has 7 nitrogen and oxygen atoms in total. The van der Waals surface area contributed by atoms with Crippen molar-refractivity contribution in [2.24, 2.45) is 5.92 Å². The summed E-state index contributed by atoms with van der Waals surface area (Å²) in [6, 6.07) is 17.6. The molecule has 3 rings (SSSR count). The Morgan fingerprint density at radius 3 is 2.02 bits per heavy atom. The van der Waals surface area contributed by atoms with E-state index >= 15 is 0 Å². The monoisotopic (exact) mass is 657 g/mol. The zero-order valence-electron chi connectivity index (χ0n) is 22.8. The molecule has 12 heteroatoms. The minimum absolute atomic E-state index is 0.0244. The van der Waals surface area contributed by atoms with Crippen molar-refractivity contribution in [1.29, 1.82) is 0 Å². The van der Waals surface area contributed by atoms with Gasteiger partial charge in [0.05, 0.1) is 22.0 Å². The first-order valence-electron chi connectivity index (χ1n) is 12.7. The third-order valence-electron chi connectivity index (χ3n) is 6.22. The molecule has 1 N–H and O–H groups in total. The number of hydrogen-bond acceptors (Lipinski definition) is 4. The molecule has 0 radical (unpaired) electrons. The number of nitrogens with zero attached hydrogens (tertiary/aromatic N) is 2. The van der Waals surface area contributed by atoms with Crippen LogP contribution in [0.5, 0.6) is 0 Å². The number of nitrogens with one attached hydrogen (secondary N) is 1. The van der Waals surface area contributed by atoms with Crippen molar-refractivity contribution in [3.05, 3.63) is 97.9 Å². The standard InChI is InChI=1S/C29H31Cl4N3O4S/c1-19(2)16-34-29(38)26(15-20-9-5-4-6-10-20)35(17-21-22(30)11-7-12-23(21)31)27(37)18-36(41(3,39)40)25-14-8-13-24(32)28(25)33/h4-14,19,26H,15-18H2,1-3H3,(H,34,38)/t26-/m0/s1. The second-order valence-electron chi connectivity index (χ2n) is 9.91. The van der Waals surface area contributed by atoms with Gasteiger partial charge in [0, 0.05) is 35.1 Å². The Morgan fingerprint density at radius 1 is 0.854 bits per heavy atom. The molecule has 1 atom stereocenters. The van der Waals surface area contributed by atoms with Gasteiger partial charge in [0.1, 0.15) is 12.6 Å². The van der Waals surface area contributed by atoms with E-state index in [-0.39, 0.29) is 34.6 Å². The highest BCUT2D eigenvalue weighted by Crippen LogP contribution is 2.34. The molecule has 0 spiro atoms. The van der Waals surface area contributed by atoms with Gasteiger partial charge in [0.2, 0.25) is 21.8 Å². The summed E-state index contributed by atoms with van der Waals surface area (Å²) >= 11 is 25.5. The van der Waals surface area contributed by atoms with Gasteiger partial charge in [-0.05, 0) is 35.7 Å². The second-order valence-corrected chi connectivity index (χ2v) is 13.4. The fourth-order valence-electron chi connectivity index (χ4n) is 4.11. The zero-order valence-corrected chi connectivity index (χ0v) is 26.6. The van der Waals surface area contributed by atoms with E-state index in [2.05, 4.69) is 5.32 Å². The first kappa shape index (κ1) is 33.0. The average Bonchev–Trinajstić information content (AvgIpc) is 2.91. The number of sulfonamides is 1. The maximum Gasteiger partial charge on any atom is 0.244 e. The van der Waals surface area contributed by atoms with Gasteiger partial charge in [-0.25, -0.2) is 8.42 Å². The van der Waals surface area contributed by atoms with Crippen LogP contribution in [0.4, 0.5) is 5.69 Å². The van der Waals surface area contributed by atoms with Crippen LogP contribution in [0.15, 0.2) is 66.7 Å². The highest BCUT2D eigenvalue weighted by Gasteiger charge is 2.34. The van der Waals surface area contributed by atoms with Crippen LogP contribution in [-0.4, -0.2) is 50.5 Å². The van der Waals surface area contributed by atoms with Gasteiger partial charge in [0.25, 0.3) is 0 Å². The number of benzene rings is 3. The van der Waals surface area contributed by atoms with E-state index < -0.39 is 34.4 Å². The number of carbonyl (C=O) groups is 2. The molecule has 220 valence electrons. The maximum absolute atomic E-state index is 14.1. The van der Waals surface area contributed by atoms with Crippen LogP contribution in [0.2, 0.25) is 20.1 Å². The SMILES string of the molecule is CC(C)CNC(=O)[C@H](Cc1ccccc1)N(Cc1c(Cl)cccc1Cl)C(=O)CN(c1cccc(Cl)c1Cl)S(C)(=O)=O. The lowest BCUT2D eigenvalue weighted by molar-refractivity contribution is -0.140. The molecule has 2 amide bonds. The van der Waals surface area contributed by atoms with Crippen molar-refractivity contribution in [3.63, 3.8) is 0 Å². The van der Waals surface area contributed by atoms with Gasteiger partial charge in [-0.1, -0.05) is 103 Å². The average molecular weight is 659 g/mol. The van der Waals surface area contributed by atoms with E-state index in [1.165, 1.54) is 23.1 Å². The molecule has 3 aromatic carbocycles. The van der Waals surface area contributed by atoms with E-state index in [4.69, 9.17) is 46.4 Å². The van der Waals surface area contributed by atoms with Crippen LogP contribution < -0.4 is 9.62 Å². The third kappa shape index (κ3) is 9.00. The lowest BCUT2D eigenvalue weighted by atomic mass is 10.0. The lowest BCUT2D eigenvalue weighted by Gasteiger charge is -2.34. The van der Waals surface area contributed by atoms with Crippen molar-refractivity contribution >= 4 is 73.9 Å². The number of hydrogen-bond donors (Lipinski definition) is 1. The van der Waals surface area contributed by atoms with Crippen molar-refractivity contribution < 1.29 is 18.0 Å². The number of anilines is 1. The predicted molar refractivity (Wildman–Crippen MR) is 167 cm³/mol. The number of amides is 2. The number of carbonyl (C=O) groups excluding carboxylic acids is 2. The van der Waals surface area contributed by atoms with Crippen LogP contribution >= 0.6 is 46.4 Å². The smallest absolute Gasteiger partial charge is 0.244 e. The molecular formula is C29H31Cl4N3O4S. The Bertz CT molecular complexity index is 1470. The summed E-state index contributed by atoms with van der Waals surface area (Å²) in [6.45, 7) is 3.50. The Morgan fingerprint density at radius 2 is 1.44 bits per heavy atom. The van der Waals surface area contributed by atoms with Gasteiger partial charge in [-0.2, -0.15) is 0 Å². The topological polar surface area (TPSA) is 86.8 Å². The molecule has 0 bridgehead atoms. The Hall–Kier alpha value is -2.49. The van der Waals surface area contributed by atoms with Crippen LogP contribution in [-0.2, 0) is 32.6 Å². The van der Waals surface area contributed by atoms with Crippen molar-refractivity contribution in [1.82, 2.24) is 10.2 Å². The van der Waals surface area contributed by atoms with E-state index in [0.29, 0.717) is 22.2 Å². The molecule has 0 aliphatic rings. The van der Waals surface area contributed by atoms with Gasteiger partial charge < -0.3 is 10.2 Å². The molecule has 0 aliphatic heterocycles. The highest BCUT2D eigenvalue weighted by molar-refractivity contribution is 7.92. The summed E-state index contributed by atoms with van der Waals surface area (Å²) in [5, 5.41) is 3.62. The van der Waals surface area contributed by atoms with E-state index in [1.807, 2.05) is 44.2 Å². The number of halogens is 4. The first-order valence-corrected chi connectivity index (χ1v) is 16.1. The van der Waals surface area contributed by atoms with Crippen molar-refractivity contribution in [2.75, 3.05) is 23.7 Å². The summed E-state index contributed by atoms with van der Waals surface area (Å²) < 4.78 is 26.7. The van der Waals surface area contributed by atoms with Crippen molar-refractivity contribution in [2.45, 2.75) is 32.9 Å². The molecule has 0 aromatic heterocycles. The van der Waals surface area contributed by atoms with E-state index in [9.17, 15) is 18.0 Å². The van der Waals surface area contributed by atoms with E-state index in [0.717, 1.165) is 16.1 Å². The molecule has 0 saturated carbocycles. The first-order chi connectivity index (χ1) is 19.3. The summed E-state index contributed by atoms with van der Waals surface area (Å²) in [5.74, 6) is -0.905. The molecule has 0 aliphatic carbocycles. The Balaban J connectivity index is 2.12. The molecule has 0 unspecified atom stereocenters. The number of rotatable bonds is 12. The summed E-state index contributed by atoms with van der Waals surface area (Å²) in [5.41, 5.74) is 1.26. The quantitative estimate of drug-likeness (QED) is 0.241. The minimum atomic E-state index is -4.01. The molecule has 0 fully saturated rings. The zero-order chi connectivity index (χ0) is 30.3. The van der Waals surface area contributed by atoms with Crippen LogP contribution in [0.1, 0.15) is 25.0 Å². The maximum atomic E-state index is 14.1. The predicted octanol–water partition coefficient (Wildman–Crippen LogP) is 6.48. The fraction of sp³-hybridized carbons (Fsp3) is 0.310. The summed E-state index contributed by atoms with van der Waals surface area (Å²) in [7, 11) is -4.01. The van der Waals surface area contributed by atoms with Gasteiger partial charge in [0.15, 0.2) is 0 Å². The molecule has 0 saturated heterocycles. The molecular weight excluding hydrogens is 628 g/mol.